The van der Waals surface area contributed by atoms with Crippen LogP contribution in [-0.4, -0.2) is 51.8 Å². The molecule has 7 nitrogen and oxygen atoms in total. The Balaban J connectivity index is 1.76. The Kier molecular flexibility index (Phi) is 5.39. The molecule has 2 aromatic carbocycles. The Bertz CT molecular complexity index is 1100. The smallest absolute Gasteiger partial charge is 0.226 e. The molecule has 0 radical (unpaired) electrons. The summed E-state index contributed by atoms with van der Waals surface area (Å²) in [7, 11) is 4.09. The molecule has 29 heavy (non-hydrogen) atoms. The molecule has 0 spiro atoms. The Morgan fingerprint density at radius 2 is 1.83 bits per heavy atom. The van der Waals surface area contributed by atoms with E-state index in [1.54, 1.807) is 0 Å². The van der Waals surface area contributed by atoms with Gasteiger partial charge in [0.15, 0.2) is 5.65 Å². The lowest BCUT2D eigenvalue weighted by molar-refractivity contribution is 0.425. The van der Waals surface area contributed by atoms with Crippen LogP contribution >= 0.6 is 0 Å². The van der Waals surface area contributed by atoms with Crippen molar-refractivity contribution in [3.05, 3.63) is 66.4 Å². The topological polar surface area (TPSA) is 70.9 Å². The van der Waals surface area contributed by atoms with Gasteiger partial charge in [-0.2, -0.15) is 15.1 Å². The Morgan fingerprint density at radius 1 is 1.00 bits per heavy atom. The van der Waals surface area contributed by atoms with Crippen LogP contribution in [0.3, 0.4) is 0 Å². The highest BCUT2D eigenvalue weighted by molar-refractivity contribution is 5.90. The van der Waals surface area contributed by atoms with E-state index in [0.29, 0.717) is 5.95 Å². The first-order valence-electron chi connectivity index (χ1n) is 9.63. The van der Waals surface area contributed by atoms with E-state index in [4.69, 9.17) is 9.97 Å². The van der Waals surface area contributed by atoms with Crippen LogP contribution in [0, 0.1) is 6.92 Å². The Morgan fingerprint density at radius 3 is 2.59 bits per heavy atom. The molecule has 148 valence electrons. The summed E-state index contributed by atoms with van der Waals surface area (Å²) in [5, 5.41) is 12.2. The molecule has 4 rings (SSSR count). The van der Waals surface area contributed by atoms with Gasteiger partial charge in [0, 0.05) is 18.8 Å². The van der Waals surface area contributed by atoms with Gasteiger partial charge in [0.2, 0.25) is 5.95 Å². The quantitative estimate of drug-likeness (QED) is 0.502. The summed E-state index contributed by atoms with van der Waals surface area (Å²) in [6, 6.07) is 18.2. The molecule has 2 aromatic heterocycles. The zero-order valence-electron chi connectivity index (χ0n) is 16.9. The molecule has 0 bridgehead atoms. The molecule has 0 fully saturated rings. The van der Waals surface area contributed by atoms with Crippen LogP contribution in [0.5, 0.6) is 0 Å². The molecule has 0 aliphatic rings. The second-order valence-corrected chi connectivity index (χ2v) is 7.25. The predicted octanol–water partition coefficient (Wildman–Crippen LogP) is 3.84. The van der Waals surface area contributed by atoms with E-state index >= 15 is 0 Å². The lowest BCUT2D eigenvalue weighted by Crippen LogP contribution is -2.21. The molecule has 2 heterocycles. The molecule has 7 heteroatoms. The minimum atomic E-state index is 0.576. The normalized spacial score (nSPS) is 11.2. The number of hydrogen-bond acceptors (Lipinski definition) is 6. The number of anilines is 3. The molecule has 0 saturated carbocycles. The van der Waals surface area contributed by atoms with Crippen molar-refractivity contribution in [3.8, 4) is 5.69 Å². The van der Waals surface area contributed by atoms with Crippen LogP contribution in [0.1, 0.15) is 5.56 Å². The number of rotatable bonds is 7. The van der Waals surface area contributed by atoms with Gasteiger partial charge in [-0.25, -0.2) is 4.68 Å². The van der Waals surface area contributed by atoms with Crippen LogP contribution in [-0.2, 0) is 0 Å². The average Bonchev–Trinajstić information content (AvgIpc) is 3.13. The number of aromatic nitrogens is 4. The van der Waals surface area contributed by atoms with Gasteiger partial charge in [0.25, 0.3) is 0 Å². The number of benzene rings is 2. The molecule has 2 N–H and O–H groups in total. The fraction of sp³-hybridized carbons (Fsp3) is 0.227. The Labute approximate surface area is 170 Å². The van der Waals surface area contributed by atoms with Crippen molar-refractivity contribution in [2.45, 2.75) is 6.92 Å². The van der Waals surface area contributed by atoms with E-state index in [1.807, 2.05) is 67.4 Å². The van der Waals surface area contributed by atoms with Crippen molar-refractivity contribution in [1.29, 1.82) is 0 Å². The van der Waals surface area contributed by atoms with Crippen molar-refractivity contribution in [2.24, 2.45) is 0 Å². The van der Waals surface area contributed by atoms with Gasteiger partial charge in [-0.1, -0.05) is 30.3 Å². The van der Waals surface area contributed by atoms with Crippen LogP contribution in [0.4, 0.5) is 17.5 Å². The number of likely N-dealkylation sites (N-methyl/N-ethyl adjacent to an activating group) is 1. The van der Waals surface area contributed by atoms with Crippen molar-refractivity contribution in [1.82, 2.24) is 24.6 Å². The summed E-state index contributed by atoms with van der Waals surface area (Å²) in [5.41, 5.74) is 3.89. The monoisotopic (exact) mass is 387 g/mol. The SMILES string of the molecule is Cc1cccc(Nc2nc(NCCN(C)C)nc3c2cnn3-c2ccccc2)c1. The third-order valence-corrected chi connectivity index (χ3v) is 4.55. The van der Waals surface area contributed by atoms with Gasteiger partial charge >= 0.3 is 0 Å². The number of nitrogens with zero attached hydrogens (tertiary/aromatic N) is 5. The molecule has 0 aliphatic heterocycles. The molecule has 0 saturated heterocycles. The largest absolute Gasteiger partial charge is 0.353 e. The molecule has 0 atom stereocenters. The van der Waals surface area contributed by atoms with Gasteiger partial charge in [-0.15, -0.1) is 0 Å². The highest BCUT2D eigenvalue weighted by Gasteiger charge is 2.14. The molecule has 4 aromatic rings. The maximum Gasteiger partial charge on any atom is 0.226 e. The van der Waals surface area contributed by atoms with Gasteiger partial charge in [0.05, 0.1) is 17.3 Å². The fourth-order valence-electron chi connectivity index (χ4n) is 3.09. The zero-order chi connectivity index (χ0) is 20.2. The second-order valence-electron chi connectivity index (χ2n) is 7.25. The van der Waals surface area contributed by atoms with E-state index in [2.05, 4.69) is 39.7 Å². The van der Waals surface area contributed by atoms with Crippen molar-refractivity contribution in [2.75, 3.05) is 37.8 Å². The van der Waals surface area contributed by atoms with Crippen LogP contribution in [0.2, 0.25) is 0 Å². The lowest BCUT2D eigenvalue weighted by Gasteiger charge is -2.13. The number of para-hydroxylation sites is 1. The van der Waals surface area contributed by atoms with Crippen LogP contribution in [0.25, 0.3) is 16.7 Å². The summed E-state index contributed by atoms with van der Waals surface area (Å²) >= 11 is 0. The number of hydrogen-bond donors (Lipinski definition) is 2. The van der Waals surface area contributed by atoms with E-state index in [1.165, 1.54) is 5.56 Å². The zero-order valence-corrected chi connectivity index (χ0v) is 16.9. The maximum absolute atomic E-state index is 4.75. The van der Waals surface area contributed by atoms with Gasteiger partial charge in [-0.05, 0) is 50.8 Å². The van der Waals surface area contributed by atoms with E-state index in [9.17, 15) is 0 Å². The third kappa shape index (κ3) is 4.35. The van der Waals surface area contributed by atoms with Crippen molar-refractivity contribution < 1.29 is 0 Å². The Hall–Kier alpha value is -3.45. The molecule has 0 amide bonds. The van der Waals surface area contributed by atoms with Crippen LogP contribution in [0.15, 0.2) is 60.8 Å². The molecule has 0 unspecified atom stereocenters. The summed E-state index contributed by atoms with van der Waals surface area (Å²) in [6.07, 6.45) is 1.81. The van der Waals surface area contributed by atoms with Gasteiger partial charge in [-0.3, -0.25) is 0 Å². The fourth-order valence-corrected chi connectivity index (χ4v) is 3.09. The second kappa shape index (κ2) is 8.28. The standard InChI is InChI=1S/C22H25N7/c1-16-8-7-9-17(14-16)25-20-19-15-24-29(18-10-5-4-6-11-18)21(19)27-22(26-20)23-12-13-28(2)3/h4-11,14-15H,12-13H2,1-3H3,(H2,23,25,26,27). The molecular formula is C22H25N7. The third-order valence-electron chi connectivity index (χ3n) is 4.55. The first-order chi connectivity index (χ1) is 14.1. The predicted molar refractivity (Wildman–Crippen MR) is 118 cm³/mol. The molecular weight excluding hydrogens is 362 g/mol. The van der Waals surface area contributed by atoms with Crippen molar-refractivity contribution in [3.63, 3.8) is 0 Å². The first kappa shape index (κ1) is 18.9. The lowest BCUT2D eigenvalue weighted by atomic mass is 10.2. The first-order valence-corrected chi connectivity index (χ1v) is 9.63. The summed E-state index contributed by atoms with van der Waals surface area (Å²) in [4.78, 5) is 11.6. The van der Waals surface area contributed by atoms with Crippen LogP contribution < -0.4 is 10.6 Å². The van der Waals surface area contributed by atoms with E-state index < -0.39 is 0 Å². The summed E-state index contributed by atoms with van der Waals surface area (Å²) < 4.78 is 1.84. The summed E-state index contributed by atoms with van der Waals surface area (Å²) in [5.74, 6) is 1.31. The highest BCUT2D eigenvalue weighted by Crippen LogP contribution is 2.27. The van der Waals surface area contributed by atoms with Gasteiger partial charge < -0.3 is 15.5 Å². The maximum atomic E-state index is 4.75. The highest BCUT2D eigenvalue weighted by atomic mass is 15.3. The average molecular weight is 387 g/mol. The molecule has 0 aliphatic carbocycles. The minimum Gasteiger partial charge on any atom is -0.353 e. The summed E-state index contributed by atoms with van der Waals surface area (Å²) in [6.45, 7) is 3.71. The number of fused-ring (bicyclic) bond motifs is 1. The van der Waals surface area contributed by atoms with Crippen molar-refractivity contribution >= 4 is 28.5 Å². The van der Waals surface area contributed by atoms with E-state index in [-0.39, 0.29) is 0 Å². The number of aryl methyl sites for hydroxylation is 1. The minimum absolute atomic E-state index is 0.576. The van der Waals surface area contributed by atoms with E-state index in [0.717, 1.165) is 41.3 Å². The van der Waals surface area contributed by atoms with Gasteiger partial charge in [0.1, 0.15) is 5.82 Å². The number of nitrogens with one attached hydrogen (secondary N) is 2.